The van der Waals surface area contributed by atoms with Gasteiger partial charge in [-0.2, -0.15) is 0 Å². The number of carbonyl (C=O) groups is 2. The summed E-state index contributed by atoms with van der Waals surface area (Å²) >= 11 is 0. The van der Waals surface area contributed by atoms with E-state index in [1.54, 1.807) is 4.90 Å². The quantitative estimate of drug-likeness (QED) is 0.824. The molecule has 0 spiro atoms. The number of ether oxygens (including phenoxy) is 1. The Morgan fingerprint density at radius 3 is 2.76 bits per heavy atom. The van der Waals surface area contributed by atoms with Gasteiger partial charge in [0.05, 0.1) is 12.5 Å². The van der Waals surface area contributed by atoms with Crippen molar-refractivity contribution in [1.29, 1.82) is 0 Å². The Kier molecular flexibility index (Phi) is 5.33. The second kappa shape index (κ2) is 7.83. The van der Waals surface area contributed by atoms with Gasteiger partial charge in [-0.05, 0) is 36.8 Å². The van der Waals surface area contributed by atoms with Crippen LogP contribution in [0.15, 0.2) is 54.6 Å². The number of aryl methyl sites for hydroxylation is 1. The van der Waals surface area contributed by atoms with Crippen molar-refractivity contribution in [2.24, 2.45) is 5.92 Å². The molecule has 5 heteroatoms. The number of nitrogens with one attached hydrogen (secondary N) is 1. The maximum Gasteiger partial charge on any atom is 0.227 e. The summed E-state index contributed by atoms with van der Waals surface area (Å²) in [6.45, 7) is 3.23. The molecule has 130 valence electrons. The van der Waals surface area contributed by atoms with Gasteiger partial charge < -0.3 is 15.0 Å². The van der Waals surface area contributed by atoms with Gasteiger partial charge in [0.1, 0.15) is 12.4 Å². The summed E-state index contributed by atoms with van der Waals surface area (Å²) < 4.78 is 5.55. The van der Waals surface area contributed by atoms with Crippen LogP contribution in [0.4, 0.5) is 5.69 Å². The summed E-state index contributed by atoms with van der Waals surface area (Å²) in [4.78, 5) is 26.2. The van der Waals surface area contributed by atoms with Crippen LogP contribution in [-0.4, -0.2) is 31.5 Å². The van der Waals surface area contributed by atoms with Gasteiger partial charge in [0, 0.05) is 18.7 Å². The first-order valence-electron chi connectivity index (χ1n) is 8.46. The second-order valence-electron chi connectivity index (χ2n) is 6.20. The minimum atomic E-state index is -0.315. The van der Waals surface area contributed by atoms with Crippen LogP contribution in [-0.2, 0) is 9.59 Å². The molecule has 0 bridgehead atoms. The largest absolute Gasteiger partial charge is 0.492 e. The molecule has 0 radical (unpaired) electrons. The fourth-order valence-electron chi connectivity index (χ4n) is 2.93. The number of hydrogen-bond acceptors (Lipinski definition) is 3. The zero-order valence-corrected chi connectivity index (χ0v) is 14.3. The van der Waals surface area contributed by atoms with E-state index in [1.165, 1.54) is 0 Å². The molecule has 1 fully saturated rings. The highest BCUT2D eigenvalue weighted by atomic mass is 16.5. The third-order valence-corrected chi connectivity index (χ3v) is 4.22. The summed E-state index contributed by atoms with van der Waals surface area (Å²) in [7, 11) is 0. The van der Waals surface area contributed by atoms with E-state index in [2.05, 4.69) is 5.32 Å². The van der Waals surface area contributed by atoms with Gasteiger partial charge in [-0.25, -0.2) is 0 Å². The van der Waals surface area contributed by atoms with Gasteiger partial charge in [-0.15, -0.1) is 0 Å². The smallest absolute Gasteiger partial charge is 0.227 e. The van der Waals surface area contributed by atoms with E-state index in [4.69, 9.17) is 4.74 Å². The van der Waals surface area contributed by atoms with E-state index in [9.17, 15) is 9.59 Å². The normalized spacial score (nSPS) is 16.8. The van der Waals surface area contributed by atoms with Gasteiger partial charge in [-0.3, -0.25) is 9.59 Å². The average molecular weight is 338 g/mol. The lowest BCUT2D eigenvalue weighted by molar-refractivity contribution is -0.126. The topological polar surface area (TPSA) is 58.6 Å². The van der Waals surface area contributed by atoms with E-state index < -0.39 is 0 Å². The molecule has 0 unspecified atom stereocenters. The molecule has 2 aromatic carbocycles. The van der Waals surface area contributed by atoms with Crippen molar-refractivity contribution in [1.82, 2.24) is 5.32 Å². The van der Waals surface area contributed by atoms with Crippen LogP contribution >= 0.6 is 0 Å². The molecule has 25 heavy (non-hydrogen) atoms. The zero-order chi connectivity index (χ0) is 17.6. The Morgan fingerprint density at radius 1 is 1.20 bits per heavy atom. The number of anilines is 1. The summed E-state index contributed by atoms with van der Waals surface area (Å²) in [6, 6.07) is 17.2. The van der Waals surface area contributed by atoms with Gasteiger partial charge in [-0.1, -0.05) is 30.3 Å². The third kappa shape index (κ3) is 4.38. The van der Waals surface area contributed by atoms with Crippen molar-refractivity contribution in [2.45, 2.75) is 13.3 Å². The first kappa shape index (κ1) is 17.0. The Morgan fingerprint density at radius 2 is 2.00 bits per heavy atom. The Bertz CT molecular complexity index is 746. The molecule has 0 aromatic heterocycles. The van der Waals surface area contributed by atoms with E-state index in [0.29, 0.717) is 19.7 Å². The van der Waals surface area contributed by atoms with Crippen molar-refractivity contribution in [3.8, 4) is 5.75 Å². The molecule has 3 rings (SSSR count). The molecule has 2 aromatic rings. The first-order valence-corrected chi connectivity index (χ1v) is 8.46. The summed E-state index contributed by atoms with van der Waals surface area (Å²) in [5, 5.41) is 2.86. The van der Waals surface area contributed by atoms with Gasteiger partial charge in [0.2, 0.25) is 11.8 Å². The van der Waals surface area contributed by atoms with Crippen molar-refractivity contribution < 1.29 is 14.3 Å². The molecular formula is C20H22N2O3. The number of benzene rings is 2. The van der Waals surface area contributed by atoms with Gasteiger partial charge >= 0.3 is 0 Å². The van der Waals surface area contributed by atoms with E-state index >= 15 is 0 Å². The number of nitrogens with zero attached hydrogens (tertiary/aromatic N) is 1. The van der Waals surface area contributed by atoms with Crippen LogP contribution in [0.1, 0.15) is 12.0 Å². The fraction of sp³-hybridized carbons (Fsp3) is 0.300. The maximum atomic E-state index is 12.3. The molecule has 0 aliphatic carbocycles. The Labute approximate surface area is 147 Å². The van der Waals surface area contributed by atoms with Crippen molar-refractivity contribution in [3.63, 3.8) is 0 Å². The van der Waals surface area contributed by atoms with Gasteiger partial charge in [0.15, 0.2) is 0 Å². The summed E-state index contributed by atoms with van der Waals surface area (Å²) in [5.41, 5.74) is 1.95. The van der Waals surface area contributed by atoms with Crippen LogP contribution < -0.4 is 15.0 Å². The van der Waals surface area contributed by atoms with E-state index in [-0.39, 0.29) is 24.2 Å². The molecule has 1 aliphatic rings. The Hall–Kier alpha value is -2.82. The average Bonchev–Trinajstić information content (AvgIpc) is 3.01. The summed E-state index contributed by atoms with van der Waals surface area (Å²) in [6.07, 6.45) is 0.249. The van der Waals surface area contributed by atoms with E-state index in [1.807, 2.05) is 61.5 Å². The molecule has 1 aliphatic heterocycles. The minimum Gasteiger partial charge on any atom is -0.492 e. The van der Waals surface area contributed by atoms with Crippen LogP contribution in [0.5, 0.6) is 5.75 Å². The highest BCUT2D eigenvalue weighted by Gasteiger charge is 2.34. The van der Waals surface area contributed by atoms with Crippen molar-refractivity contribution >= 4 is 17.5 Å². The van der Waals surface area contributed by atoms with Crippen molar-refractivity contribution in [2.75, 3.05) is 24.6 Å². The minimum absolute atomic E-state index is 0.00807. The molecule has 0 saturated carbocycles. The van der Waals surface area contributed by atoms with Crippen LogP contribution in [0.25, 0.3) is 0 Å². The summed E-state index contributed by atoms with van der Waals surface area (Å²) in [5.74, 6) is 0.356. The van der Waals surface area contributed by atoms with Crippen LogP contribution in [0, 0.1) is 12.8 Å². The molecular weight excluding hydrogens is 316 g/mol. The lowest BCUT2D eigenvalue weighted by atomic mass is 10.1. The van der Waals surface area contributed by atoms with Crippen LogP contribution in [0.2, 0.25) is 0 Å². The standard InChI is InChI=1S/C20H22N2O3/c1-15-6-5-7-17(12-15)22-14-16(13-19(22)23)20(24)21-10-11-25-18-8-3-2-4-9-18/h2-9,12,16H,10-11,13-14H2,1H3,(H,21,24)/t16-/m1/s1. The lowest BCUT2D eigenvalue weighted by Gasteiger charge is -2.17. The molecule has 2 amide bonds. The molecule has 1 saturated heterocycles. The predicted octanol–water partition coefficient (Wildman–Crippen LogP) is 2.54. The van der Waals surface area contributed by atoms with Gasteiger partial charge in [0.25, 0.3) is 0 Å². The zero-order valence-electron chi connectivity index (χ0n) is 14.3. The maximum absolute atomic E-state index is 12.3. The number of amides is 2. The second-order valence-corrected chi connectivity index (χ2v) is 6.20. The first-order chi connectivity index (χ1) is 12.1. The molecule has 5 nitrogen and oxygen atoms in total. The SMILES string of the molecule is Cc1cccc(N2C[C@H](C(=O)NCCOc3ccccc3)CC2=O)c1. The Balaban J connectivity index is 1.47. The third-order valence-electron chi connectivity index (χ3n) is 4.22. The van der Waals surface area contributed by atoms with Crippen molar-refractivity contribution in [3.05, 3.63) is 60.2 Å². The molecule has 1 atom stereocenters. The lowest BCUT2D eigenvalue weighted by Crippen LogP contribution is -2.35. The predicted molar refractivity (Wildman–Crippen MR) is 96.6 cm³/mol. The number of rotatable bonds is 6. The number of hydrogen-bond donors (Lipinski definition) is 1. The highest BCUT2D eigenvalue weighted by Crippen LogP contribution is 2.25. The number of carbonyl (C=O) groups excluding carboxylic acids is 2. The van der Waals surface area contributed by atoms with Crippen LogP contribution in [0.3, 0.4) is 0 Å². The monoisotopic (exact) mass is 338 g/mol. The van der Waals surface area contributed by atoms with E-state index in [0.717, 1.165) is 17.0 Å². The molecule has 1 N–H and O–H groups in total. The molecule has 1 heterocycles. The highest BCUT2D eigenvalue weighted by molar-refractivity contribution is 6.00. The fourth-order valence-corrected chi connectivity index (χ4v) is 2.93. The number of para-hydroxylation sites is 1.